The predicted molar refractivity (Wildman–Crippen MR) is 107 cm³/mol. The Hall–Kier alpha value is -2.90. The standard InChI is InChI=1S/C21H30N2O6/c1-14(2)11-16(12-24)22-18(25)17(23-20(27)29-21(3,4)5)19(26)28-13-15-9-7-6-8-10-15/h6-10,12,14,16-17H,11,13H2,1-5H3,(H,22,25)(H,23,27)/t16-,17+/m1/s1. The Bertz CT molecular complexity index is 697. The van der Waals surface area contributed by atoms with Gasteiger partial charge in [0.1, 0.15) is 18.5 Å². The van der Waals surface area contributed by atoms with E-state index in [0.29, 0.717) is 12.7 Å². The van der Waals surface area contributed by atoms with Crippen LogP contribution < -0.4 is 10.6 Å². The summed E-state index contributed by atoms with van der Waals surface area (Å²) in [6, 6.07) is 6.47. The van der Waals surface area contributed by atoms with Gasteiger partial charge in [-0.3, -0.25) is 10.1 Å². The normalized spacial score (nSPS) is 13.2. The molecule has 0 aromatic heterocycles. The van der Waals surface area contributed by atoms with Gasteiger partial charge in [-0.25, -0.2) is 9.59 Å². The van der Waals surface area contributed by atoms with Crippen molar-refractivity contribution >= 4 is 24.3 Å². The van der Waals surface area contributed by atoms with Crippen molar-refractivity contribution in [1.29, 1.82) is 0 Å². The van der Waals surface area contributed by atoms with E-state index < -0.39 is 35.7 Å². The van der Waals surface area contributed by atoms with E-state index >= 15 is 0 Å². The lowest BCUT2D eigenvalue weighted by atomic mass is 10.0. The predicted octanol–water partition coefficient (Wildman–Crippen LogP) is 2.35. The molecule has 1 aromatic carbocycles. The minimum Gasteiger partial charge on any atom is -0.459 e. The fourth-order valence-corrected chi connectivity index (χ4v) is 2.39. The maximum Gasteiger partial charge on any atom is 0.408 e. The zero-order valence-electron chi connectivity index (χ0n) is 17.6. The van der Waals surface area contributed by atoms with Crippen LogP contribution in [0.5, 0.6) is 0 Å². The Morgan fingerprint density at radius 3 is 2.21 bits per heavy atom. The number of carbonyl (C=O) groups excluding carboxylic acids is 4. The van der Waals surface area contributed by atoms with Crippen molar-refractivity contribution in [2.45, 2.75) is 65.3 Å². The number of alkyl carbamates (subject to hydrolysis) is 1. The minimum absolute atomic E-state index is 0.0669. The second kappa shape index (κ2) is 11.2. The van der Waals surface area contributed by atoms with Crippen molar-refractivity contribution in [2.75, 3.05) is 0 Å². The third-order valence-corrected chi connectivity index (χ3v) is 3.60. The van der Waals surface area contributed by atoms with Crippen LogP contribution in [0.2, 0.25) is 0 Å². The summed E-state index contributed by atoms with van der Waals surface area (Å²) in [6.07, 6.45) is 0.0476. The molecule has 0 bridgehead atoms. The molecule has 0 spiro atoms. The van der Waals surface area contributed by atoms with Crippen LogP contribution in [0.3, 0.4) is 0 Å². The fraction of sp³-hybridized carbons (Fsp3) is 0.524. The van der Waals surface area contributed by atoms with Gasteiger partial charge in [-0.05, 0) is 38.7 Å². The molecule has 1 aromatic rings. The van der Waals surface area contributed by atoms with Gasteiger partial charge in [-0.15, -0.1) is 0 Å². The monoisotopic (exact) mass is 406 g/mol. The molecule has 2 amide bonds. The van der Waals surface area contributed by atoms with Gasteiger partial charge in [0.2, 0.25) is 6.04 Å². The molecule has 0 aliphatic heterocycles. The number of aldehydes is 1. The second-order valence-corrected chi connectivity index (χ2v) is 8.05. The average Bonchev–Trinajstić information content (AvgIpc) is 2.62. The topological polar surface area (TPSA) is 111 Å². The summed E-state index contributed by atoms with van der Waals surface area (Å²) >= 11 is 0. The van der Waals surface area contributed by atoms with Gasteiger partial charge >= 0.3 is 12.1 Å². The molecule has 2 N–H and O–H groups in total. The van der Waals surface area contributed by atoms with Crippen LogP contribution in [0.15, 0.2) is 30.3 Å². The number of carbonyl (C=O) groups is 4. The zero-order valence-corrected chi connectivity index (χ0v) is 17.6. The number of ether oxygens (including phenoxy) is 2. The first-order valence-electron chi connectivity index (χ1n) is 9.47. The van der Waals surface area contributed by atoms with E-state index in [1.165, 1.54) is 0 Å². The molecule has 0 aliphatic rings. The fourth-order valence-electron chi connectivity index (χ4n) is 2.39. The van der Waals surface area contributed by atoms with Crippen molar-refractivity contribution < 1.29 is 28.7 Å². The maximum absolute atomic E-state index is 12.6. The first-order chi connectivity index (χ1) is 13.5. The highest BCUT2D eigenvalue weighted by Crippen LogP contribution is 2.09. The molecular weight excluding hydrogens is 376 g/mol. The van der Waals surface area contributed by atoms with Crippen molar-refractivity contribution in [3.8, 4) is 0 Å². The highest BCUT2D eigenvalue weighted by atomic mass is 16.6. The summed E-state index contributed by atoms with van der Waals surface area (Å²) in [5, 5.41) is 4.70. The number of rotatable bonds is 9. The number of hydrogen-bond acceptors (Lipinski definition) is 6. The first-order valence-corrected chi connectivity index (χ1v) is 9.47. The highest BCUT2D eigenvalue weighted by Gasteiger charge is 2.33. The quantitative estimate of drug-likeness (QED) is 0.370. The molecule has 2 atom stereocenters. The molecule has 8 heteroatoms. The number of amides is 2. The van der Waals surface area contributed by atoms with Gasteiger partial charge in [0, 0.05) is 0 Å². The van der Waals surface area contributed by atoms with E-state index in [4.69, 9.17) is 9.47 Å². The van der Waals surface area contributed by atoms with Crippen LogP contribution in [0.1, 0.15) is 46.6 Å². The molecule has 0 unspecified atom stereocenters. The van der Waals surface area contributed by atoms with E-state index in [0.717, 1.165) is 5.56 Å². The summed E-state index contributed by atoms with van der Waals surface area (Å²) in [6.45, 7) is 8.68. The number of nitrogens with one attached hydrogen (secondary N) is 2. The van der Waals surface area contributed by atoms with Crippen LogP contribution >= 0.6 is 0 Å². The van der Waals surface area contributed by atoms with Gasteiger partial charge in [0.15, 0.2) is 0 Å². The zero-order chi connectivity index (χ0) is 22.0. The molecule has 160 valence electrons. The van der Waals surface area contributed by atoms with Gasteiger partial charge in [0.05, 0.1) is 6.04 Å². The molecule has 1 rings (SSSR count). The van der Waals surface area contributed by atoms with Crippen molar-refractivity contribution in [1.82, 2.24) is 10.6 Å². The summed E-state index contributed by atoms with van der Waals surface area (Å²) in [4.78, 5) is 48.5. The van der Waals surface area contributed by atoms with E-state index in [-0.39, 0.29) is 12.5 Å². The molecule has 0 saturated carbocycles. The summed E-state index contributed by atoms with van der Waals surface area (Å²) in [5.41, 5.74) is -0.0926. The molecule has 0 aliphatic carbocycles. The van der Waals surface area contributed by atoms with Gasteiger partial charge < -0.3 is 19.6 Å². The molecular formula is C21H30N2O6. The SMILES string of the molecule is CC(C)C[C@H](C=O)NC(=O)[C@H](NC(=O)OC(C)(C)C)C(=O)OCc1ccccc1. The number of esters is 1. The largest absolute Gasteiger partial charge is 0.459 e. The highest BCUT2D eigenvalue weighted by molar-refractivity contribution is 6.04. The molecule has 29 heavy (non-hydrogen) atoms. The lowest BCUT2D eigenvalue weighted by Gasteiger charge is -2.23. The maximum atomic E-state index is 12.6. The molecule has 0 radical (unpaired) electrons. The van der Waals surface area contributed by atoms with Gasteiger partial charge in [-0.1, -0.05) is 44.2 Å². The average molecular weight is 406 g/mol. The van der Waals surface area contributed by atoms with Crippen molar-refractivity contribution in [2.24, 2.45) is 5.92 Å². The van der Waals surface area contributed by atoms with E-state index in [1.807, 2.05) is 19.9 Å². The number of hydrogen-bond donors (Lipinski definition) is 2. The summed E-state index contributed by atoms with van der Waals surface area (Å²) < 4.78 is 10.3. The van der Waals surface area contributed by atoms with Crippen molar-refractivity contribution in [3.05, 3.63) is 35.9 Å². The Labute approximate surface area is 171 Å². The molecule has 8 nitrogen and oxygen atoms in total. The lowest BCUT2D eigenvalue weighted by molar-refractivity contribution is -0.151. The van der Waals surface area contributed by atoms with Crippen LogP contribution in [0.25, 0.3) is 0 Å². The number of benzene rings is 1. The smallest absolute Gasteiger partial charge is 0.408 e. The second-order valence-electron chi connectivity index (χ2n) is 8.05. The first kappa shape index (κ1) is 24.1. The summed E-state index contributed by atoms with van der Waals surface area (Å²) in [7, 11) is 0. The van der Waals surface area contributed by atoms with Gasteiger partial charge in [-0.2, -0.15) is 0 Å². The molecule has 0 heterocycles. The van der Waals surface area contributed by atoms with Crippen molar-refractivity contribution in [3.63, 3.8) is 0 Å². The summed E-state index contributed by atoms with van der Waals surface area (Å²) in [5.74, 6) is -1.65. The Morgan fingerprint density at radius 2 is 1.69 bits per heavy atom. The van der Waals surface area contributed by atoms with E-state index in [1.54, 1.807) is 45.0 Å². The van der Waals surface area contributed by atoms with E-state index in [9.17, 15) is 19.2 Å². The van der Waals surface area contributed by atoms with Gasteiger partial charge in [0.25, 0.3) is 5.91 Å². The molecule has 0 saturated heterocycles. The van der Waals surface area contributed by atoms with Crippen LogP contribution in [-0.4, -0.2) is 41.9 Å². The third-order valence-electron chi connectivity index (χ3n) is 3.60. The third kappa shape index (κ3) is 9.73. The van der Waals surface area contributed by atoms with Crippen LogP contribution in [0.4, 0.5) is 4.79 Å². The van der Waals surface area contributed by atoms with E-state index in [2.05, 4.69) is 10.6 Å². The Balaban J connectivity index is 2.88. The molecule has 0 fully saturated rings. The van der Waals surface area contributed by atoms with Crippen LogP contribution in [0, 0.1) is 5.92 Å². The lowest BCUT2D eigenvalue weighted by Crippen LogP contribution is -2.55. The Kier molecular flexibility index (Phi) is 9.31. The minimum atomic E-state index is -1.65. The Morgan fingerprint density at radius 1 is 1.07 bits per heavy atom. The van der Waals surface area contributed by atoms with Crippen LogP contribution in [-0.2, 0) is 30.5 Å².